The van der Waals surface area contributed by atoms with E-state index in [9.17, 15) is 9.59 Å². The van der Waals surface area contributed by atoms with Crippen LogP contribution in [-0.2, 0) is 16.0 Å². The molecule has 30 heavy (non-hydrogen) atoms. The maximum Gasteiger partial charge on any atom is 0.322 e. The molecule has 0 aliphatic carbocycles. The van der Waals surface area contributed by atoms with E-state index in [1.54, 1.807) is 0 Å². The van der Waals surface area contributed by atoms with E-state index in [2.05, 4.69) is 61.9 Å². The maximum absolute atomic E-state index is 12.6. The molecule has 0 unspecified atom stereocenters. The molecule has 3 atom stereocenters. The number of carbonyl (C=O) groups is 2. The van der Waals surface area contributed by atoms with Gasteiger partial charge in [-0.15, -0.1) is 0 Å². The van der Waals surface area contributed by atoms with Crippen molar-refractivity contribution >= 4 is 11.9 Å². The quantitative estimate of drug-likeness (QED) is 0.533. The third-order valence-corrected chi connectivity index (χ3v) is 5.58. The van der Waals surface area contributed by atoms with E-state index in [0.29, 0.717) is 11.8 Å². The van der Waals surface area contributed by atoms with Crippen LogP contribution >= 0.6 is 0 Å². The minimum absolute atomic E-state index is 0.0925. The smallest absolute Gasteiger partial charge is 0.322 e. The van der Waals surface area contributed by atoms with Crippen LogP contribution in [0.2, 0.25) is 0 Å². The molecule has 164 valence electrons. The van der Waals surface area contributed by atoms with Crippen LogP contribution in [0.5, 0.6) is 0 Å². The lowest BCUT2D eigenvalue weighted by atomic mass is 9.92. The molecule has 1 fully saturated rings. The monoisotopic (exact) mass is 412 g/mol. The Bertz CT molecular complexity index is 742. The van der Waals surface area contributed by atoms with Crippen molar-refractivity contribution in [3.8, 4) is 0 Å². The van der Waals surface area contributed by atoms with Gasteiger partial charge >= 0.3 is 5.97 Å². The molecule has 5 heteroatoms. The molecule has 0 bridgehead atoms. The molecule has 0 spiro atoms. The molecular formula is C25H36N2O3. The molecule has 5 nitrogen and oxygen atoms in total. The summed E-state index contributed by atoms with van der Waals surface area (Å²) in [5.41, 5.74) is 2.16. The van der Waals surface area contributed by atoms with E-state index in [0.717, 1.165) is 37.9 Å². The number of benzene rings is 1. The third-order valence-electron chi connectivity index (χ3n) is 5.58. The second-order valence-corrected chi connectivity index (χ2v) is 8.74. The Morgan fingerprint density at radius 1 is 1.23 bits per heavy atom. The fourth-order valence-corrected chi connectivity index (χ4v) is 4.19. The highest BCUT2D eigenvalue weighted by Gasteiger charge is 2.33. The summed E-state index contributed by atoms with van der Waals surface area (Å²) < 4.78 is 0. The standard InChI is InChI=1S/C25H36N2O3/c1-18(2)15-19(3)12-13-22(16-21-9-6-5-7-10-21)20(4)27-14-8-11-23(27)25(30)26-17-24(28)29/h5-7,9-10,12-13,18-19,22-23H,4,8,11,14-17H2,1-3H3,(H,26,30)(H,28,29)/b13-12+/t19-,22-,23+/m1/s1. The van der Waals surface area contributed by atoms with E-state index in [1.807, 2.05) is 18.2 Å². The van der Waals surface area contributed by atoms with Gasteiger partial charge in [-0.25, -0.2) is 0 Å². The predicted molar refractivity (Wildman–Crippen MR) is 121 cm³/mol. The van der Waals surface area contributed by atoms with Crippen molar-refractivity contribution in [2.75, 3.05) is 13.1 Å². The number of nitrogens with one attached hydrogen (secondary N) is 1. The molecule has 1 aliphatic heterocycles. The molecule has 1 aromatic carbocycles. The average molecular weight is 413 g/mol. The van der Waals surface area contributed by atoms with Crippen molar-refractivity contribution in [1.82, 2.24) is 10.2 Å². The SMILES string of the molecule is C=C([C@H](/C=C/[C@@H](C)CC(C)C)Cc1ccccc1)N1CCC[C@H]1C(=O)NCC(=O)O. The van der Waals surface area contributed by atoms with Gasteiger partial charge in [0.1, 0.15) is 12.6 Å². The summed E-state index contributed by atoms with van der Waals surface area (Å²) in [6.07, 6.45) is 8.09. The van der Waals surface area contributed by atoms with Gasteiger partial charge in [-0.1, -0.05) is 69.8 Å². The summed E-state index contributed by atoms with van der Waals surface area (Å²) in [6.45, 7) is 11.5. The number of amides is 1. The minimum atomic E-state index is -1.03. The molecule has 2 rings (SSSR count). The van der Waals surface area contributed by atoms with Crippen LogP contribution in [0.1, 0.15) is 45.6 Å². The van der Waals surface area contributed by atoms with Crippen LogP contribution in [0, 0.1) is 17.8 Å². The van der Waals surface area contributed by atoms with Crippen molar-refractivity contribution in [2.45, 2.75) is 52.5 Å². The molecule has 0 saturated carbocycles. The van der Waals surface area contributed by atoms with Crippen molar-refractivity contribution in [1.29, 1.82) is 0 Å². The fraction of sp³-hybridized carbons (Fsp3) is 0.520. The highest BCUT2D eigenvalue weighted by molar-refractivity contribution is 5.85. The van der Waals surface area contributed by atoms with Crippen LogP contribution in [-0.4, -0.2) is 41.0 Å². The molecule has 1 aromatic rings. The summed E-state index contributed by atoms with van der Waals surface area (Å²) in [7, 11) is 0. The van der Waals surface area contributed by atoms with Crippen molar-refractivity contribution in [3.05, 3.63) is 60.3 Å². The Morgan fingerprint density at radius 3 is 2.57 bits per heavy atom. The second kappa shape index (κ2) is 11.6. The molecule has 0 radical (unpaired) electrons. The Hall–Kier alpha value is -2.56. The Balaban J connectivity index is 2.16. The van der Waals surface area contributed by atoms with Crippen molar-refractivity contribution < 1.29 is 14.7 Å². The van der Waals surface area contributed by atoms with E-state index in [4.69, 9.17) is 5.11 Å². The van der Waals surface area contributed by atoms with Crippen LogP contribution in [0.25, 0.3) is 0 Å². The topological polar surface area (TPSA) is 69.6 Å². The molecule has 1 aliphatic rings. The average Bonchev–Trinajstić information content (AvgIpc) is 3.19. The number of hydrogen-bond acceptors (Lipinski definition) is 3. The van der Waals surface area contributed by atoms with Gasteiger partial charge in [-0.05, 0) is 43.1 Å². The summed E-state index contributed by atoms with van der Waals surface area (Å²) in [5.74, 6) is -0.0528. The summed E-state index contributed by atoms with van der Waals surface area (Å²) in [6, 6.07) is 9.98. The van der Waals surface area contributed by atoms with E-state index in [1.165, 1.54) is 5.56 Å². The summed E-state index contributed by atoms with van der Waals surface area (Å²) in [5, 5.41) is 11.4. The first-order chi connectivity index (χ1) is 14.3. The molecule has 1 heterocycles. The van der Waals surface area contributed by atoms with Crippen LogP contribution in [0.15, 0.2) is 54.8 Å². The lowest BCUT2D eigenvalue weighted by Crippen LogP contribution is -2.45. The van der Waals surface area contributed by atoms with Crippen LogP contribution in [0.4, 0.5) is 0 Å². The zero-order valence-electron chi connectivity index (χ0n) is 18.5. The second-order valence-electron chi connectivity index (χ2n) is 8.74. The largest absolute Gasteiger partial charge is 0.480 e. The fourth-order valence-electron chi connectivity index (χ4n) is 4.19. The highest BCUT2D eigenvalue weighted by atomic mass is 16.4. The number of likely N-dealkylation sites (tertiary alicyclic amines) is 1. The number of aliphatic carboxylic acids is 1. The first-order valence-electron chi connectivity index (χ1n) is 10.9. The Morgan fingerprint density at radius 2 is 1.93 bits per heavy atom. The van der Waals surface area contributed by atoms with Gasteiger partial charge < -0.3 is 15.3 Å². The van der Waals surface area contributed by atoms with E-state index < -0.39 is 5.97 Å². The zero-order chi connectivity index (χ0) is 22.1. The number of rotatable bonds is 11. The number of allylic oxidation sites excluding steroid dienone is 2. The normalized spacial score (nSPS) is 18.5. The van der Waals surface area contributed by atoms with E-state index >= 15 is 0 Å². The first kappa shape index (κ1) is 23.7. The van der Waals surface area contributed by atoms with Gasteiger partial charge in [0.05, 0.1) is 0 Å². The van der Waals surface area contributed by atoms with Gasteiger partial charge in [0.2, 0.25) is 5.91 Å². The molecule has 0 aromatic heterocycles. The van der Waals surface area contributed by atoms with Crippen molar-refractivity contribution in [2.24, 2.45) is 17.8 Å². The Kier molecular flexibility index (Phi) is 9.15. The molecular weight excluding hydrogens is 376 g/mol. The number of carboxylic acid groups (broad SMARTS) is 1. The molecule has 2 N–H and O–H groups in total. The van der Waals surface area contributed by atoms with Gasteiger partial charge in [0, 0.05) is 18.2 Å². The van der Waals surface area contributed by atoms with E-state index in [-0.39, 0.29) is 24.4 Å². The van der Waals surface area contributed by atoms with Gasteiger partial charge in [-0.3, -0.25) is 9.59 Å². The van der Waals surface area contributed by atoms with Gasteiger partial charge in [0.15, 0.2) is 0 Å². The lowest BCUT2D eigenvalue weighted by molar-refractivity contribution is -0.138. The van der Waals surface area contributed by atoms with Crippen molar-refractivity contribution in [3.63, 3.8) is 0 Å². The molecule has 1 saturated heterocycles. The summed E-state index contributed by atoms with van der Waals surface area (Å²) in [4.78, 5) is 25.4. The number of carboxylic acids is 1. The molecule has 1 amide bonds. The Labute approximate surface area is 180 Å². The zero-order valence-corrected chi connectivity index (χ0v) is 18.5. The minimum Gasteiger partial charge on any atom is -0.480 e. The number of carbonyl (C=O) groups excluding carboxylic acids is 1. The third kappa shape index (κ3) is 7.36. The van der Waals surface area contributed by atoms with Gasteiger partial charge in [0.25, 0.3) is 0 Å². The maximum atomic E-state index is 12.6. The first-order valence-corrected chi connectivity index (χ1v) is 10.9. The lowest BCUT2D eigenvalue weighted by Gasteiger charge is -2.31. The van der Waals surface area contributed by atoms with Crippen LogP contribution in [0.3, 0.4) is 0 Å². The number of nitrogens with zero attached hydrogens (tertiary/aromatic N) is 1. The van der Waals surface area contributed by atoms with Crippen LogP contribution < -0.4 is 5.32 Å². The summed E-state index contributed by atoms with van der Waals surface area (Å²) >= 11 is 0. The highest BCUT2D eigenvalue weighted by Crippen LogP contribution is 2.29. The van der Waals surface area contributed by atoms with Gasteiger partial charge in [-0.2, -0.15) is 0 Å². The number of hydrogen-bond donors (Lipinski definition) is 2. The predicted octanol–water partition coefficient (Wildman–Crippen LogP) is 4.26.